The van der Waals surface area contributed by atoms with Gasteiger partial charge in [0, 0.05) is 0 Å². The molecule has 1 heterocycles. The summed E-state index contributed by atoms with van der Waals surface area (Å²) in [6, 6.07) is 6.11. The quantitative estimate of drug-likeness (QED) is 0.473. The third-order valence-corrected chi connectivity index (χ3v) is 2.64. The Bertz CT molecular complexity index is 464. The second kappa shape index (κ2) is 3.61. The largest absolute Gasteiger partial charge is 0.479 e. The predicted octanol–water partition coefficient (Wildman–Crippen LogP) is 0.932. The number of benzene rings is 1. The lowest BCUT2D eigenvalue weighted by Gasteiger charge is -2.15. The molecule has 1 atom stereocenters. The van der Waals surface area contributed by atoms with Crippen LogP contribution in [0.2, 0.25) is 0 Å². The Balaban J connectivity index is 2.46. The third-order valence-electron chi connectivity index (χ3n) is 2.26. The number of aliphatic carboxylic acids is 1. The van der Waals surface area contributed by atoms with Crippen LogP contribution in [0.3, 0.4) is 0 Å². The van der Waals surface area contributed by atoms with Gasteiger partial charge >= 0.3 is 5.97 Å². The number of carboxylic acids is 1. The maximum absolute atomic E-state index is 11.7. The average Bonchev–Trinajstić information content (AvgIpc) is 2.52. The van der Waals surface area contributed by atoms with E-state index >= 15 is 0 Å². The van der Waals surface area contributed by atoms with Gasteiger partial charge in [0.1, 0.15) is 0 Å². The van der Waals surface area contributed by atoms with Gasteiger partial charge in [-0.05, 0) is 12.1 Å². The number of hydrogen-bond acceptors (Lipinski definition) is 3. The Hall–Kier alpha value is -1.88. The van der Waals surface area contributed by atoms with Crippen LogP contribution in [0.4, 0.5) is 0 Å². The van der Waals surface area contributed by atoms with Crippen molar-refractivity contribution in [2.75, 3.05) is 0 Å². The van der Waals surface area contributed by atoms with Gasteiger partial charge in [0.05, 0.1) is 11.1 Å². The number of hydrogen-bond donors (Lipinski definition) is 1. The van der Waals surface area contributed by atoms with Crippen LogP contribution >= 0.6 is 11.6 Å². The van der Waals surface area contributed by atoms with E-state index in [1.807, 2.05) is 0 Å². The summed E-state index contributed by atoms with van der Waals surface area (Å²) in [5.41, 5.74) is -1.31. The first kappa shape index (κ1) is 10.6. The maximum Gasteiger partial charge on any atom is 0.342 e. The number of nitrogens with zero attached hydrogens (tertiary/aromatic N) is 1. The lowest BCUT2D eigenvalue weighted by molar-refractivity contribution is -0.138. The smallest absolute Gasteiger partial charge is 0.342 e. The minimum absolute atomic E-state index is 0.180. The first-order chi connectivity index (χ1) is 7.54. The van der Waals surface area contributed by atoms with Gasteiger partial charge in [-0.1, -0.05) is 23.7 Å². The van der Waals surface area contributed by atoms with Crippen LogP contribution < -0.4 is 0 Å². The molecule has 1 aromatic carbocycles. The Morgan fingerprint density at radius 1 is 1.19 bits per heavy atom. The number of carboxylic acid groups (broad SMARTS) is 1. The lowest BCUT2D eigenvalue weighted by Crippen LogP contribution is -2.41. The van der Waals surface area contributed by atoms with E-state index in [1.165, 1.54) is 12.1 Å². The molecular weight excluding hydrogens is 234 g/mol. The molecule has 0 aliphatic carbocycles. The van der Waals surface area contributed by atoms with Gasteiger partial charge in [0.15, 0.2) is 0 Å². The molecule has 1 aliphatic heterocycles. The number of amides is 2. The van der Waals surface area contributed by atoms with Crippen LogP contribution in [-0.4, -0.2) is 33.3 Å². The minimum Gasteiger partial charge on any atom is -0.479 e. The van der Waals surface area contributed by atoms with E-state index in [4.69, 9.17) is 16.7 Å². The molecule has 82 valence electrons. The number of imide groups is 1. The van der Waals surface area contributed by atoms with Crippen LogP contribution in [0.1, 0.15) is 20.7 Å². The van der Waals surface area contributed by atoms with Gasteiger partial charge in [0.2, 0.25) is 5.50 Å². The van der Waals surface area contributed by atoms with E-state index < -0.39 is 23.3 Å². The van der Waals surface area contributed by atoms with E-state index in [0.29, 0.717) is 4.90 Å². The van der Waals surface area contributed by atoms with Crippen molar-refractivity contribution in [2.24, 2.45) is 0 Å². The summed E-state index contributed by atoms with van der Waals surface area (Å²) in [7, 11) is 0. The number of carbonyl (C=O) groups excluding carboxylic acids is 2. The van der Waals surface area contributed by atoms with Crippen molar-refractivity contribution in [3.8, 4) is 0 Å². The molecule has 0 radical (unpaired) electrons. The van der Waals surface area contributed by atoms with E-state index in [0.717, 1.165) is 0 Å². The fourth-order valence-electron chi connectivity index (χ4n) is 1.52. The highest BCUT2D eigenvalue weighted by atomic mass is 35.5. The molecule has 0 spiro atoms. The highest BCUT2D eigenvalue weighted by Gasteiger charge is 2.41. The second-order valence-corrected chi connectivity index (χ2v) is 3.61. The van der Waals surface area contributed by atoms with Crippen molar-refractivity contribution in [1.82, 2.24) is 4.90 Å². The summed E-state index contributed by atoms with van der Waals surface area (Å²) in [5, 5.41) is 8.68. The fraction of sp³-hybridized carbons (Fsp3) is 0.100. The van der Waals surface area contributed by atoms with Crippen molar-refractivity contribution in [2.45, 2.75) is 5.50 Å². The molecule has 0 fully saturated rings. The topological polar surface area (TPSA) is 74.7 Å². The Morgan fingerprint density at radius 3 is 2.00 bits per heavy atom. The van der Waals surface area contributed by atoms with Gasteiger partial charge < -0.3 is 5.11 Å². The SMILES string of the molecule is O=C(O)C(Cl)N1C(=O)c2ccccc2C1=O. The second-order valence-electron chi connectivity index (χ2n) is 3.20. The predicted molar refractivity (Wildman–Crippen MR) is 54.2 cm³/mol. The van der Waals surface area contributed by atoms with Gasteiger partial charge in [-0.15, -0.1) is 0 Å². The molecular formula is C10H6ClNO4. The van der Waals surface area contributed by atoms with Crippen LogP contribution in [-0.2, 0) is 4.79 Å². The van der Waals surface area contributed by atoms with Crippen molar-refractivity contribution < 1.29 is 19.5 Å². The summed E-state index contributed by atoms with van der Waals surface area (Å²) in [6.45, 7) is 0. The average molecular weight is 240 g/mol. The van der Waals surface area contributed by atoms with Gasteiger partial charge in [-0.3, -0.25) is 9.59 Å². The van der Waals surface area contributed by atoms with E-state index in [1.54, 1.807) is 12.1 Å². The molecule has 1 aromatic rings. The van der Waals surface area contributed by atoms with Crippen molar-refractivity contribution in [3.63, 3.8) is 0 Å². The number of carbonyl (C=O) groups is 3. The van der Waals surface area contributed by atoms with Crippen LogP contribution in [0.25, 0.3) is 0 Å². The molecule has 5 nitrogen and oxygen atoms in total. The summed E-state index contributed by atoms with van der Waals surface area (Å²) >= 11 is 5.49. The number of halogens is 1. The standard InChI is InChI=1S/C10H6ClNO4/c11-7(10(15)16)12-8(13)5-3-1-2-4-6(5)9(12)14/h1-4,7H,(H,15,16). The highest BCUT2D eigenvalue weighted by molar-refractivity contribution is 6.35. The Morgan fingerprint density at radius 2 is 1.62 bits per heavy atom. The summed E-state index contributed by atoms with van der Waals surface area (Å²) in [6.07, 6.45) is 0. The third kappa shape index (κ3) is 1.37. The molecule has 2 amide bonds. The van der Waals surface area contributed by atoms with Gasteiger partial charge in [-0.2, -0.15) is 0 Å². The number of fused-ring (bicyclic) bond motifs is 1. The zero-order valence-corrected chi connectivity index (χ0v) is 8.64. The first-order valence-corrected chi connectivity index (χ1v) is 4.81. The molecule has 0 bridgehead atoms. The molecule has 6 heteroatoms. The minimum atomic E-state index is -1.67. The molecule has 0 saturated carbocycles. The summed E-state index contributed by atoms with van der Waals surface area (Å²) < 4.78 is 0. The fourth-order valence-corrected chi connectivity index (χ4v) is 1.70. The van der Waals surface area contributed by atoms with E-state index in [-0.39, 0.29) is 11.1 Å². The highest BCUT2D eigenvalue weighted by Crippen LogP contribution is 2.25. The summed E-state index contributed by atoms with van der Waals surface area (Å²) in [5.74, 6) is -2.79. The molecule has 1 unspecified atom stereocenters. The number of rotatable bonds is 2. The van der Waals surface area contributed by atoms with Crippen LogP contribution in [0.5, 0.6) is 0 Å². The van der Waals surface area contributed by atoms with Crippen molar-refractivity contribution in [1.29, 1.82) is 0 Å². The normalized spacial score (nSPS) is 16.2. The van der Waals surface area contributed by atoms with Gasteiger partial charge in [-0.25, -0.2) is 9.69 Å². The van der Waals surface area contributed by atoms with Crippen molar-refractivity contribution in [3.05, 3.63) is 35.4 Å². The number of alkyl halides is 1. The van der Waals surface area contributed by atoms with E-state index in [9.17, 15) is 14.4 Å². The van der Waals surface area contributed by atoms with Crippen LogP contribution in [0, 0.1) is 0 Å². The maximum atomic E-state index is 11.7. The summed E-state index contributed by atoms with van der Waals surface area (Å²) in [4.78, 5) is 34.6. The first-order valence-electron chi connectivity index (χ1n) is 4.38. The molecule has 0 saturated heterocycles. The Kier molecular flexibility index (Phi) is 2.40. The molecule has 1 aliphatic rings. The van der Waals surface area contributed by atoms with Crippen LogP contribution in [0.15, 0.2) is 24.3 Å². The van der Waals surface area contributed by atoms with Gasteiger partial charge in [0.25, 0.3) is 11.8 Å². The molecule has 0 aromatic heterocycles. The lowest BCUT2D eigenvalue weighted by atomic mass is 10.1. The zero-order chi connectivity index (χ0) is 11.9. The molecule has 16 heavy (non-hydrogen) atoms. The zero-order valence-electron chi connectivity index (χ0n) is 7.88. The molecule has 1 N–H and O–H groups in total. The monoisotopic (exact) mass is 239 g/mol. The van der Waals surface area contributed by atoms with Crippen molar-refractivity contribution >= 4 is 29.4 Å². The van der Waals surface area contributed by atoms with E-state index in [2.05, 4.69) is 0 Å². The Labute approximate surface area is 95.2 Å². The molecule has 2 rings (SSSR count).